The van der Waals surface area contributed by atoms with Gasteiger partial charge in [0.2, 0.25) is 0 Å². The second-order valence-corrected chi connectivity index (χ2v) is 15.2. The minimum absolute atomic E-state index is 0.00523. The van der Waals surface area contributed by atoms with E-state index in [0.717, 1.165) is 12.2 Å². The minimum Gasteiger partial charge on any atom is -0.463 e. The maximum absolute atomic E-state index is 13.1. The first-order valence-corrected chi connectivity index (χ1v) is 21.9. The van der Waals surface area contributed by atoms with Crippen LogP contribution in [0.1, 0.15) is 63.2 Å². The lowest BCUT2D eigenvalue weighted by Gasteiger charge is -2.20. The van der Waals surface area contributed by atoms with Crippen LogP contribution in [-0.2, 0) is 57.0 Å². The number of benzene rings is 3. The van der Waals surface area contributed by atoms with Crippen molar-refractivity contribution in [1.29, 1.82) is 0 Å². The molecule has 0 amide bonds. The fraction of sp³-hybridized carbons (Fsp3) is 0.320. The molecule has 20 heteroatoms. The summed E-state index contributed by atoms with van der Waals surface area (Å²) in [6.45, 7) is 7.04. The second kappa shape index (κ2) is 25.9. The first-order valence-electron chi connectivity index (χ1n) is 21.9. The van der Waals surface area contributed by atoms with Gasteiger partial charge in [-0.15, -0.1) is 0 Å². The molecule has 70 heavy (non-hydrogen) atoms. The van der Waals surface area contributed by atoms with Crippen molar-refractivity contribution < 1.29 is 95.2 Å². The zero-order chi connectivity index (χ0) is 49.8. The number of fused-ring (bicyclic) bond motifs is 1. The molecule has 0 saturated carbocycles. The average molecular weight is 969 g/mol. The quantitative estimate of drug-likeness (QED) is 0.0260. The molecule has 6 rings (SSSR count). The van der Waals surface area contributed by atoms with Gasteiger partial charge in [-0.1, -0.05) is 19.2 Å². The number of hydrogen-bond acceptors (Lipinski definition) is 20. The summed E-state index contributed by atoms with van der Waals surface area (Å²) < 4.78 is 63.9. The maximum Gasteiger partial charge on any atom is 0.513 e. The summed E-state index contributed by atoms with van der Waals surface area (Å²) in [4.78, 5) is 97.7. The third-order valence-corrected chi connectivity index (χ3v) is 10.3. The van der Waals surface area contributed by atoms with Crippen LogP contribution in [0.4, 0.5) is 9.59 Å². The Kier molecular flexibility index (Phi) is 19.0. The highest BCUT2D eigenvalue weighted by Gasteiger charge is 2.51. The summed E-state index contributed by atoms with van der Waals surface area (Å²) in [5, 5.41) is 0. The van der Waals surface area contributed by atoms with Crippen molar-refractivity contribution in [3.05, 3.63) is 139 Å². The highest BCUT2D eigenvalue weighted by atomic mass is 16.7. The van der Waals surface area contributed by atoms with Gasteiger partial charge >= 0.3 is 48.1 Å². The molecule has 0 aromatic heterocycles. The first kappa shape index (κ1) is 51.3. The van der Waals surface area contributed by atoms with Crippen LogP contribution in [0.25, 0.3) is 0 Å². The van der Waals surface area contributed by atoms with Crippen molar-refractivity contribution >= 4 is 48.1 Å². The molecule has 2 fully saturated rings. The van der Waals surface area contributed by atoms with Crippen molar-refractivity contribution in [1.82, 2.24) is 0 Å². The van der Waals surface area contributed by atoms with Gasteiger partial charge in [-0.05, 0) is 117 Å². The van der Waals surface area contributed by atoms with Crippen LogP contribution in [0.2, 0.25) is 0 Å². The van der Waals surface area contributed by atoms with Crippen LogP contribution in [0.15, 0.2) is 122 Å². The largest absolute Gasteiger partial charge is 0.513 e. The average Bonchev–Trinajstić information content (AvgIpc) is 3.96. The Morgan fingerprint density at radius 3 is 1.37 bits per heavy atom. The second-order valence-electron chi connectivity index (χ2n) is 15.2. The van der Waals surface area contributed by atoms with Crippen molar-refractivity contribution in [2.45, 2.75) is 56.5 Å². The predicted molar refractivity (Wildman–Crippen MR) is 238 cm³/mol. The van der Waals surface area contributed by atoms with Crippen molar-refractivity contribution in [3.8, 4) is 17.2 Å². The molecule has 20 nitrogen and oxygen atoms in total. The summed E-state index contributed by atoms with van der Waals surface area (Å²) in [5.74, 6) is -3.76. The maximum atomic E-state index is 13.1. The Morgan fingerprint density at radius 1 is 0.514 bits per heavy atom. The number of carbonyl (C=O) groups excluding carboxylic acids is 8. The molecule has 1 aliphatic carbocycles. The highest BCUT2D eigenvalue weighted by Crippen LogP contribution is 2.32. The van der Waals surface area contributed by atoms with Gasteiger partial charge in [0, 0.05) is 12.2 Å². The van der Waals surface area contributed by atoms with Crippen molar-refractivity contribution in [2.75, 3.05) is 39.6 Å². The van der Waals surface area contributed by atoms with E-state index < -0.39 is 78.5 Å². The lowest BCUT2D eigenvalue weighted by molar-refractivity contribution is -0.157. The van der Waals surface area contributed by atoms with Crippen molar-refractivity contribution in [3.63, 3.8) is 0 Å². The van der Waals surface area contributed by atoms with E-state index in [9.17, 15) is 38.4 Å². The molecule has 0 radical (unpaired) electrons. The Morgan fingerprint density at radius 2 is 0.929 bits per heavy atom. The van der Waals surface area contributed by atoms with Crippen LogP contribution in [0.3, 0.4) is 0 Å². The molecule has 5 atom stereocenters. The Balaban J connectivity index is 0.861. The Labute approximate surface area is 400 Å². The van der Waals surface area contributed by atoms with Gasteiger partial charge in [-0.25, -0.2) is 33.6 Å². The number of esters is 6. The molecule has 0 N–H and O–H groups in total. The van der Waals surface area contributed by atoms with Gasteiger partial charge in [0.15, 0.2) is 12.2 Å². The lowest BCUT2D eigenvalue weighted by Crippen LogP contribution is -2.36. The molecule has 2 saturated heterocycles. The van der Waals surface area contributed by atoms with Gasteiger partial charge in [0.1, 0.15) is 35.2 Å². The summed E-state index contributed by atoms with van der Waals surface area (Å²) in [7, 11) is 0. The number of unbranched alkanes of at least 4 members (excludes halogenated alkanes) is 2. The zero-order valence-electron chi connectivity index (χ0n) is 37.6. The van der Waals surface area contributed by atoms with Gasteiger partial charge in [0.25, 0.3) is 0 Å². The molecule has 2 heterocycles. The Hall–Kier alpha value is -8.10. The molecular weight excluding hydrogens is 921 g/mol. The van der Waals surface area contributed by atoms with Crippen molar-refractivity contribution in [2.24, 2.45) is 5.92 Å². The van der Waals surface area contributed by atoms with E-state index in [1.807, 2.05) is 0 Å². The number of rotatable bonds is 22. The SMILES string of the molecule is C=CC(=O)OCCCCOC(=O)Oc1ccc(C(=O)OC2=CCC(C(=O)O[C@H]3CO[C@H]4[C@@H]3OC[C@H]4OC(=O)c3ccc(OC(=O)c4ccc(OC(=O)OCCCCOC(=O)C=C)cc4)cc3)C=C2)cc1. The minimum atomic E-state index is -0.943. The van der Waals surface area contributed by atoms with E-state index in [-0.39, 0.29) is 85.8 Å². The molecule has 0 spiro atoms. The predicted octanol–water partition coefficient (Wildman–Crippen LogP) is 6.51. The molecule has 1 unspecified atom stereocenters. The Bertz CT molecular complexity index is 2440. The van der Waals surface area contributed by atoms with Crippen LogP contribution < -0.4 is 14.2 Å². The van der Waals surface area contributed by atoms with E-state index in [2.05, 4.69) is 13.2 Å². The van der Waals surface area contributed by atoms with Crippen LogP contribution in [-0.4, -0.2) is 112 Å². The third-order valence-electron chi connectivity index (χ3n) is 10.3. The number of carbonyl (C=O) groups is 8. The van der Waals surface area contributed by atoms with Gasteiger partial charge in [-0.2, -0.15) is 0 Å². The zero-order valence-corrected chi connectivity index (χ0v) is 37.6. The fourth-order valence-electron chi connectivity index (χ4n) is 6.67. The first-order chi connectivity index (χ1) is 33.9. The lowest BCUT2D eigenvalue weighted by atomic mass is 10.00. The molecular formula is C50H48O20. The van der Waals surface area contributed by atoms with Crippen LogP contribution >= 0.6 is 0 Å². The molecule has 2 aliphatic heterocycles. The van der Waals surface area contributed by atoms with Gasteiger partial charge in [-0.3, -0.25) is 4.79 Å². The van der Waals surface area contributed by atoms with Crippen LogP contribution in [0, 0.1) is 5.92 Å². The van der Waals surface area contributed by atoms with E-state index >= 15 is 0 Å². The smallest absolute Gasteiger partial charge is 0.463 e. The molecule has 3 aromatic carbocycles. The molecule has 3 aromatic rings. The normalized spacial score (nSPS) is 18.6. The number of ether oxygens (including phenoxy) is 12. The topological polar surface area (TPSA) is 247 Å². The summed E-state index contributed by atoms with van der Waals surface area (Å²) >= 11 is 0. The molecule has 3 aliphatic rings. The molecule has 0 bridgehead atoms. The number of allylic oxidation sites excluding steroid dienone is 2. The summed E-state index contributed by atoms with van der Waals surface area (Å²) in [5.41, 5.74) is 0.491. The third kappa shape index (κ3) is 15.5. The summed E-state index contributed by atoms with van der Waals surface area (Å²) in [6.07, 6.45) is 3.91. The van der Waals surface area contributed by atoms with E-state index in [0.29, 0.717) is 25.7 Å². The van der Waals surface area contributed by atoms with Crippen LogP contribution in [0.5, 0.6) is 17.2 Å². The standard InChI is InChI=1S/C50H48O20/c1-3-41(51)59-25-5-7-27-61-49(57)67-37-21-13-31(14-22-37)45(53)65-35-17-9-33(10-18-35)47(55)69-39-29-63-44-40(30-64-43(39)44)70-48(56)34-11-19-36(20-12-34)66-46(54)32-15-23-38(24-16-32)68-50(58)62-28-8-6-26-60-42(52)4-2/h3-4,9-11,13-24,34,39-40,43-44H,1-2,5-8,12,25-30H2/t34?,39-,40+,43-,44-/m1/s1. The molecule has 368 valence electrons. The van der Waals surface area contributed by atoms with E-state index in [1.54, 1.807) is 12.2 Å². The van der Waals surface area contributed by atoms with Gasteiger partial charge < -0.3 is 56.8 Å². The fourth-order valence-corrected chi connectivity index (χ4v) is 6.67. The van der Waals surface area contributed by atoms with E-state index in [1.165, 1.54) is 78.9 Å². The van der Waals surface area contributed by atoms with E-state index in [4.69, 9.17) is 56.8 Å². The summed E-state index contributed by atoms with van der Waals surface area (Å²) in [6, 6.07) is 16.9. The van der Waals surface area contributed by atoms with Gasteiger partial charge in [0.05, 0.1) is 62.2 Å². The highest BCUT2D eigenvalue weighted by molar-refractivity contribution is 5.92. The monoisotopic (exact) mass is 968 g/mol. The number of hydrogen-bond donors (Lipinski definition) is 0.